The molecular formula is C12H8Cl2N2O3. The SMILES string of the molecule is O=C(NNC(=O)c1cccc(Cl)c1Cl)c1ccco1. The van der Waals surface area contributed by atoms with E-state index in [1.165, 1.54) is 18.4 Å². The number of halogens is 2. The van der Waals surface area contributed by atoms with E-state index in [4.69, 9.17) is 27.6 Å². The molecule has 0 bridgehead atoms. The molecule has 0 unspecified atom stereocenters. The summed E-state index contributed by atoms with van der Waals surface area (Å²) in [7, 11) is 0. The molecule has 2 N–H and O–H groups in total. The number of rotatable bonds is 2. The minimum absolute atomic E-state index is 0.0810. The van der Waals surface area contributed by atoms with Gasteiger partial charge in [0.05, 0.1) is 21.9 Å². The van der Waals surface area contributed by atoms with E-state index in [1.807, 2.05) is 0 Å². The van der Waals surface area contributed by atoms with Crippen LogP contribution in [0, 0.1) is 0 Å². The van der Waals surface area contributed by atoms with Crippen molar-refractivity contribution in [3.05, 3.63) is 58.0 Å². The molecule has 0 aliphatic rings. The molecule has 7 heteroatoms. The van der Waals surface area contributed by atoms with Gasteiger partial charge in [-0.05, 0) is 24.3 Å². The van der Waals surface area contributed by atoms with E-state index in [-0.39, 0.29) is 21.4 Å². The van der Waals surface area contributed by atoms with Gasteiger partial charge in [0.25, 0.3) is 5.91 Å². The van der Waals surface area contributed by atoms with Crippen molar-refractivity contribution in [3.8, 4) is 0 Å². The molecule has 19 heavy (non-hydrogen) atoms. The summed E-state index contributed by atoms with van der Waals surface area (Å²) in [6.07, 6.45) is 1.35. The molecule has 0 saturated carbocycles. The molecule has 2 aromatic rings. The second kappa shape index (κ2) is 5.77. The summed E-state index contributed by atoms with van der Waals surface area (Å²) in [6.45, 7) is 0. The Bertz CT molecular complexity index is 611. The van der Waals surface area contributed by atoms with E-state index in [9.17, 15) is 9.59 Å². The maximum Gasteiger partial charge on any atom is 0.305 e. The van der Waals surface area contributed by atoms with Crippen molar-refractivity contribution in [1.29, 1.82) is 0 Å². The average molecular weight is 299 g/mol. The van der Waals surface area contributed by atoms with Crippen LogP contribution in [0.4, 0.5) is 0 Å². The zero-order chi connectivity index (χ0) is 13.8. The Morgan fingerprint density at radius 3 is 2.42 bits per heavy atom. The Morgan fingerprint density at radius 2 is 1.74 bits per heavy atom. The first-order valence-electron chi connectivity index (χ1n) is 5.18. The third kappa shape index (κ3) is 3.07. The second-order valence-corrected chi connectivity index (χ2v) is 4.27. The molecule has 1 aromatic carbocycles. The number of carbonyl (C=O) groups excluding carboxylic acids is 2. The van der Waals surface area contributed by atoms with Gasteiger partial charge < -0.3 is 4.42 Å². The highest BCUT2D eigenvalue weighted by molar-refractivity contribution is 6.43. The fourth-order valence-corrected chi connectivity index (χ4v) is 1.72. The summed E-state index contributed by atoms with van der Waals surface area (Å²) >= 11 is 11.7. The van der Waals surface area contributed by atoms with E-state index in [1.54, 1.807) is 18.2 Å². The lowest BCUT2D eigenvalue weighted by Crippen LogP contribution is -2.41. The van der Waals surface area contributed by atoms with Crippen molar-refractivity contribution in [2.45, 2.75) is 0 Å². The van der Waals surface area contributed by atoms with Gasteiger partial charge in [-0.3, -0.25) is 20.4 Å². The first kappa shape index (κ1) is 13.5. The van der Waals surface area contributed by atoms with E-state index in [0.717, 1.165) is 0 Å². The zero-order valence-corrected chi connectivity index (χ0v) is 11.0. The Kier molecular flexibility index (Phi) is 4.09. The topological polar surface area (TPSA) is 71.3 Å². The molecule has 0 atom stereocenters. The standard InChI is InChI=1S/C12H8Cl2N2O3/c13-8-4-1-3-7(10(8)14)11(17)15-16-12(18)9-5-2-6-19-9/h1-6H,(H,15,17)(H,16,18). The Morgan fingerprint density at radius 1 is 1.00 bits per heavy atom. The van der Waals surface area contributed by atoms with Crippen LogP contribution >= 0.6 is 23.2 Å². The van der Waals surface area contributed by atoms with Gasteiger partial charge in [0, 0.05) is 0 Å². The van der Waals surface area contributed by atoms with Crippen molar-refractivity contribution < 1.29 is 14.0 Å². The highest BCUT2D eigenvalue weighted by atomic mass is 35.5. The van der Waals surface area contributed by atoms with Gasteiger partial charge >= 0.3 is 5.91 Å². The fourth-order valence-electron chi connectivity index (χ4n) is 1.33. The van der Waals surface area contributed by atoms with Gasteiger partial charge in [0.15, 0.2) is 5.76 Å². The summed E-state index contributed by atoms with van der Waals surface area (Å²) in [4.78, 5) is 23.3. The van der Waals surface area contributed by atoms with Gasteiger partial charge in [0.2, 0.25) is 0 Å². The third-order valence-corrected chi connectivity index (χ3v) is 3.05. The van der Waals surface area contributed by atoms with Crippen LogP contribution in [0.1, 0.15) is 20.9 Å². The first-order valence-corrected chi connectivity index (χ1v) is 5.93. The van der Waals surface area contributed by atoms with Gasteiger partial charge in [-0.25, -0.2) is 0 Å². The van der Waals surface area contributed by atoms with Crippen molar-refractivity contribution in [2.24, 2.45) is 0 Å². The molecule has 0 aliphatic carbocycles. The van der Waals surface area contributed by atoms with Crippen LogP contribution in [0.25, 0.3) is 0 Å². The number of benzene rings is 1. The van der Waals surface area contributed by atoms with E-state index < -0.39 is 11.8 Å². The molecule has 0 aliphatic heterocycles. The molecular weight excluding hydrogens is 291 g/mol. The molecule has 1 aromatic heterocycles. The van der Waals surface area contributed by atoms with Crippen LogP contribution in [-0.4, -0.2) is 11.8 Å². The highest BCUT2D eigenvalue weighted by Gasteiger charge is 2.14. The molecule has 1 heterocycles. The number of carbonyl (C=O) groups is 2. The van der Waals surface area contributed by atoms with Crippen molar-refractivity contribution >= 4 is 35.0 Å². The number of nitrogens with one attached hydrogen (secondary N) is 2. The number of hydrogen-bond acceptors (Lipinski definition) is 3. The van der Waals surface area contributed by atoms with Gasteiger partial charge in [-0.15, -0.1) is 0 Å². The maximum absolute atomic E-state index is 11.8. The quantitative estimate of drug-likeness (QED) is 0.837. The molecule has 2 rings (SSSR count). The van der Waals surface area contributed by atoms with E-state index >= 15 is 0 Å². The summed E-state index contributed by atoms with van der Waals surface area (Å²) < 4.78 is 4.87. The van der Waals surface area contributed by atoms with Gasteiger partial charge in [0.1, 0.15) is 0 Å². The second-order valence-electron chi connectivity index (χ2n) is 3.49. The number of hydrazine groups is 1. The smallest absolute Gasteiger partial charge is 0.305 e. The predicted molar refractivity (Wildman–Crippen MR) is 70.1 cm³/mol. The lowest BCUT2D eigenvalue weighted by atomic mass is 10.2. The number of amides is 2. The zero-order valence-electron chi connectivity index (χ0n) is 9.44. The van der Waals surface area contributed by atoms with Crippen molar-refractivity contribution in [2.75, 3.05) is 0 Å². The van der Waals surface area contributed by atoms with Crippen LogP contribution in [-0.2, 0) is 0 Å². The van der Waals surface area contributed by atoms with Crippen LogP contribution in [0.5, 0.6) is 0 Å². The van der Waals surface area contributed by atoms with Crippen LogP contribution in [0.3, 0.4) is 0 Å². The predicted octanol–water partition coefficient (Wildman–Crippen LogP) is 2.66. The molecule has 5 nitrogen and oxygen atoms in total. The minimum Gasteiger partial charge on any atom is -0.459 e. The minimum atomic E-state index is -0.576. The van der Waals surface area contributed by atoms with Gasteiger partial charge in [-0.1, -0.05) is 29.3 Å². The molecule has 98 valence electrons. The van der Waals surface area contributed by atoms with Crippen LogP contribution in [0.15, 0.2) is 41.0 Å². The highest BCUT2D eigenvalue weighted by Crippen LogP contribution is 2.25. The summed E-state index contributed by atoms with van der Waals surface area (Å²) in [5, 5.41) is 0.376. The van der Waals surface area contributed by atoms with Crippen LogP contribution in [0.2, 0.25) is 10.0 Å². The summed E-state index contributed by atoms with van der Waals surface area (Å²) in [6, 6.07) is 7.65. The van der Waals surface area contributed by atoms with Gasteiger partial charge in [-0.2, -0.15) is 0 Å². The average Bonchev–Trinajstić information content (AvgIpc) is 2.93. The molecule has 0 spiro atoms. The van der Waals surface area contributed by atoms with Crippen molar-refractivity contribution in [3.63, 3.8) is 0 Å². The van der Waals surface area contributed by atoms with E-state index in [2.05, 4.69) is 10.9 Å². The fraction of sp³-hybridized carbons (Fsp3) is 0. The number of hydrogen-bond donors (Lipinski definition) is 2. The van der Waals surface area contributed by atoms with E-state index in [0.29, 0.717) is 0 Å². The normalized spacial score (nSPS) is 10.0. The monoisotopic (exact) mass is 298 g/mol. The molecule has 2 amide bonds. The lowest BCUT2D eigenvalue weighted by molar-refractivity contribution is 0.0831. The Balaban J connectivity index is 2.02. The largest absolute Gasteiger partial charge is 0.459 e. The Hall–Kier alpha value is -1.98. The lowest BCUT2D eigenvalue weighted by Gasteiger charge is -2.07. The Labute approximate surface area is 118 Å². The first-order chi connectivity index (χ1) is 9.09. The van der Waals surface area contributed by atoms with Crippen LogP contribution < -0.4 is 10.9 Å². The number of furan rings is 1. The molecule has 0 saturated heterocycles. The summed E-state index contributed by atoms with van der Waals surface area (Å²) in [5.41, 5.74) is 4.57. The summed E-state index contributed by atoms with van der Waals surface area (Å²) in [5.74, 6) is -1.07. The van der Waals surface area contributed by atoms with Crippen molar-refractivity contribution in [1.82, 2.24) is 10.9 Å². The molecule has 0 fully saturated rings. The third-order valence-electron chi connectivity index (χ3n) is 2.23. The maximum atomic E-state index is 11.8. The molecule has 0 radical (unpaired) electrons.